The van der Waals surface area contributed by atoms with Gasteiger partial charge in [-0.1, -0.05) is 0 Å². The van der Waals surface area contributed by atoms with E-state index in [2.05, 4.69) is 5.32 Å². The Balaban J connectivity index is 2.26. The third-order valence-corrected chi connectivity index (χ3v) is 2.72. The van der Waals surface area contributed by atoms with Crippen LogP contribution < -0.4 is 5.32 Å². The summed E-state index contributed by atoms with van der Waals surface area (Å²) in [4.78, 5) is 34.8. The molecule has 0 fully saturated rings. The summed E-state index contributed by atoms with van der Waals surface area (Å²) in [6.07, 6.45) is 0. The number of amides is 2. The van der Waals surface area contributed by atoms with Crippen molar-refractivity contribution >= 4 is 17.5 Å². The van der Waals surface area contributed by atoms with Crippen LogP contribution in [-0.2, 0) is 0 Å². The molecule has 2 amide bonds. The third kappa shape index (κ3) is 2.30. The minimum absolute atomic E-state index is 0.0324. The number of non-ortho nitro benzene ring substituents is 1. The van der Waals surface area contributed by atoms with Gasteiger partial charge in [-0.05, 0) is 6.07 Å². The lowest BCUT2D eigenvalue weighted by Gasteiger charge is -2.13. The van der Waals surface area contributed by atoms with Crippen LogP contribution in [0.5, 0.6) is 0 Å². The Labute approximate surface area is 107 Å². The SMILES string of the molecule is O=C1c2ccc([N+](=O)[O-])cc2C(=O)N1CNCCO. The molecule has 0 spiro atoms. The molecule has 0 atom stereocenters. The molecule has 2 rings (SSSR count). The first kappa shape index (κ1) is 13.1. The molecule has 19 heavy (non-hydrogen) atoms. The average Bonchev–Trinajstić information content (AvgIpc) is 2.63. The minimum atomic E-state index is -0.620. The van der Waals surface area contributed by atoms with Gasteiger partial charge in [0.1, 0.15) is 0 Å². The van der Waals surface area contributed by atoms with Gasteiger partial charge in [0.15, 0.2) is 0 Å². The quantitative estimate of drug-likeness (QED) is 0.328. The maximum absolute atomic E-state index is 12.0. The monoisotopic (exact) mass is 265 g/mol. The number of aliphatic hydroxyl groups is 1. The number of imide groups is 1. The second kappa shape index (κ2) is 5.12. The van der Waals surface area contributed by atoms with Gasteiger partial charge < -0.3 is 5.11 Å². The summed E-state index contributed by atoms with van der Waals surface area (Å²) >= 11 is 0. The third-order valence-electron chi connectivity index (χ3n) is 2.72. The lowest BCUT2D eigenvalue weighted by atomic mass is 10.1. The largest absolute Gasteiger partial charge is 0.395 e. The fourth-order valence-electron chi connectivity index (χ4n) is 1.81. The van der Waals surface area contributed by atoms with Crippen LogP contribution in [0, 0.1) is 10.1 Å². The highest BCUT2D eigenvalue weighted by atomic mass is 16.6. The zero-order valence-electron chi connectivity index (χ0n) is 9.83. The first-order valence-corrected chi connectivity index (χ1v) is 5.52. The molecule has 0 aliphatic carbocycles. The van der Waals surface area contributed by atoms with E-state index in [-0.39, 0.29) is 36.6 Å². The second-order valence-corrected chi connectivity index (χ2v) is 3.91. The number of hydrogen-bond donors (Lipinski definition) is 2. The summed E-state index contributed by atoms with van der Waals surface area (Å²) in [5.74, 6) is -1.07. The van der Waals surface area contributed by atoms with Crippen molar-refractivity contribution in [2.24, 2.45) is 0 Å². The summed E-state index contributed by atoms with van der Waals surface area (Å²) in [5.41, 5.74) is -0.0449. The smallest absolute Gasteiger partial charge is 0.270 e. The van der Waals surface area contributed by atoms with Crippen LogP contribution in [0.2, 0.25) is 0 Å². The molecule has 0 unspecified atom stereocenters. The van der Waals surface area contributed by atoms with Gasteiger partial charge in [0, 0.05) is 18.7 Å². The zero-order valence-corrected chi connectivity index (χ0v) is 9.83. The maximum atomic E-state index is 12.0. The number of hydrogen-bond acceptors (Lipinski definition) is 6. The first-order valence-electron chi connectivity index (χ1n) is 5.52. The number of benzene rings is 1. The fraction of sp³-hybridized carbons (Fsp3) is 0.273. The Morgan fingerprint density at radius 3 is 2.58 bits per heavy atom. The van der Waals surface area contributed by atoms with Gasteiger partial charge in [-0.3, -0.25) is 29.9 Å². The average molecular weight is 265 g/mol. The van der Waals surface area contributed by atoms with Crippen molar-refractivity contribution in [1.29, 1.82) is 0 Å². The molecule has 2 N–H and O–H groups in total. The summed E-state index contributed by atoms with van der Waals surface area (Å²) in [6.45, 7) is 0.0862. The van der Waals surface area contributed by atoms with E-state index in [1.807, 2.05) is 0 Å². The van der Waals surface area contributed by atoms with Crippen LogP contribution in [0.15, 0.2) is 18.2 Å². The van der Waals surface area contributed by atoms with E-state index < -0.39 is 16.7 Å². The predicted octanol–water partition coefficient (Wildman–Crippen LogP) is -0.270. The van der Waals surface area contributed by atoms with Crippen LogP contribution in [0.1, 0.15) is 20.7 Å². The van der Waals surface area contributed by atoms with Gasteiger partial charge in [0.05, 0.1) is 29.3 Å². The molecule has 8 nitrogen and oxygen atoms in total. The highest BCUT2D eigenvalue weighted by Gasteiger charge is 2.36. The van der Waals surface area contributed by atoms with Crippen molar-refractivity contribution in [1.82, 2.24) is 10.2 Å². The molecule has 0 saturated carbocycles. The molecular formula is C11H11N3O5. The van der Waals surface area contributed by atoms with Gasteiger partial charge in [-0.25, -0.2) is 0 Å². The molecule has 0 saturated heterocycles. The molecule has 1 aromatic rings. The van der Waals surface area contributed by atoms with Crippen molar-refractivity contribution in [3.63, 3.8) is 0 Å². The molecule has 0 radical (unpaired) electrons. The highest BCUT2D eigenvalue weighted by Crippen LogP contribution is 2.26. The molecular weight excluding hydrogens is 254 g/mol. The van der Waals surface area contributed by atoms with Crippen molar-refractivity contribution in [3.05, 3.63) is 39.4 Å². The van der Waals surface area contributed by atoms with E-state index in [1.165, 1.54) is 12.1 Å². The van der Waals surface area contributed by atoms with Crippen LogP contribution in [-0.4, -0.2) is 46.6 Å². The molecule has 0 bridgehead atoms. The molecule has 1 aliphatic heterocycles. The zero-order chi connectivity index (χ0) is 14.0. The van der Waals surface area contributed by atoms with E-state index in [9.17, 15) is 19.7 Å². The Kier molecular flexibility index (Phi) is 3.54. The van der Waals surface area contributed by atoms with Crippen molar-refractivity contribution < 1.29 is 19.6 Å². The Morgan fingerprint density at radius 2 is 1.95 bits per heavy atom. The molecule has 0 aromatic heterocycles. The second-order valence-electron chi connectivity index (χ2n) is 3.91. The van der Waals surface area contributed by atoms with Crippen LogP contribution >= 0.6 is 0 Å². The number of nitrogens with zero attached hydrogens (tertiary/aromatic N) is 2. The molecule has 1 aliphatic rings. The van der Waals surface area contributed by atoms with Gasteiger partial charge in [-0.2, -0.15) is 0 Å². The van der Waals surface area contributed by atoms with E-state index in [1.54, 1.807) is 0 Å². The number of nitro benzene ring substituents is 1. The number of rotatable bonds is 5. The standard InChI is InChI=1S/C11H11N3O5/c15-4-3-12-6-13-10(16)8-2-1-7(14(18)19)5-9(8)11(13)17/h1-2,5,12,15H,3-4,6H2. The van der Waals surface area contributed by atoms with Crippen molar-refractivity contribution in [2.45, 2.75) is 0 Å². The lowest BCUT2D eigenvalue weighted by molar-refractivity contribution is -0.384. The van der Waals surface area contributed by atoms with E-state index >= 15 is 0 Å². The number of nitro groups is 1. The van der Waals surface area contributed by atoms with E-state index in [0.717, 1.165) is 11.0 Å². The molecule has 100 valence electrons. The minimum Gasteiger partial charge on any atom is -0.395 e. The Bertz CT molecular complexity index is 557. The van der Waals surface area contributed by atoms with Gasteiger partial charge in [0.2, 0.25) is 0 Å². The van der Waals surface area contributed by atoms with Gasteiger partial charge in [0.25, 0.3) is 17.5 Å². The van der Waals surface area contributed by atoms with Crippen LogP contribution in [0.25, 0.3) is 0 Å². The normalized spacial score (nSPS) is 13.8. The topological polar surface area (TPSA) is 113 Å². The van der Waals surface area contributed by atoms with Crippen molar-refractivity contribution in [3.8, 4) is 0 Å². The number of aliphatic hydroxyl groups excluding tert-OH is 1. The molecule has 1 aromatic carbocycles. The van der Waals surface area contributed by atoms with Crippen molar-refractivity contribution in [2.75, 3.05) is 19.8 Å². The first-order chi connectivity index (χ1) is 9.06. The lowest BCUT2D eigenvalue weighted by Crippen LogP contribution is -2.39. The summed E-state index contributed by atoms with van der Waals surface area (Å²) in [5, 5.41) is 22.0. The number of nitrogens with one attached hydrogen (secondary N) is 1. The summed E-state index contributed by atoms with van der Waals surface area (Å²) in [6, 6.07) is 3.57. The van der Waals surface area contributed by atoms with Gasteiger partial charge >= 0.3 is 0 Å². The summed E-state index contributed by atoms with van der Waals surface area (Å²) < 4.78 is 0. The molecule has 1 heterocycles. The molecule has 8 heteroatoms. The fourth-order valence-corrected chi connectivity index (χ4v) is 1.81. The number of carbonyl (C=O) groups excluding carboxylic acids is 2. The van der Waals surface area contributed by atoms with Gasteiger partial charge in [-0.15, -0.1) is 0 Å². The highest BCUT2D eigenvalue weighted by molar-refractivity contribution is 6.21. The maximum Gasteiger partial charge on any atom is 0.270 e. The van der Waals surface area contributed by atoms with E-state index in [4.69, 9.17) is 5.11 Å². The number of carbonyl (C=O) groups is 2. The predicted molar refractivity (Wildman–Crippen MR) is 63.6 cm³/mol. The Morgan fingerprint density at radius 1 is 1.26 bits per heavy atom. The van der Waals surface area contributed by atoms with E-state index in [0.29, 0.717) is 0 Å². The number of fused-ring (bicyclic) bond motifs is 1. The summed E-state index contributed by atoms with van der Waals surface area (Å²) in [7, 11) is 0. The van der Waals surface area contributed by atoms with Crippen LogP contribution in [0.4, 0.5) is 5.69 Å². The van der Waals surface area contributed by atoms with Crippen LogP contribution in [0.3, 0.4) is 0 Å². The Hall–Kier alpha value is -2.32.